The molecule has 3 unspecified atom stereocenters. The average Bonchev–Trinajstić information content (AvgIpc) is 2.42. The van der Waals surface area contributed by atoms with E-state index in [1.54, 1.807) is 0 Å². The van der Waals surface area contributed by atoms with Gasteiger partial charge in [-0.3, -0.25) is 0 Å². The number of hydrogen-bond acceptors (Lipinski definition) is 3. The summed E-state index contributed by atoms with van der Waals surface area (Å²) < 4.78 is 5.68. The van der Waals surface area contributed by atoms with E-state index in [2.05, 4.69) is 37.9 Å². The SMILES string of the molecule is CCCNC1CCOCC1CN(CC)C(C)CC. The largest absolute Gasteiger partial charge is 0.381 e. The third kappa shape index (κ3) is 4.87. The maximum absolute atomic E-state index is 5.68. The van der Waals surface area contributed by atoms with Crippen molar-refractivity contribution in [1.82, 2.24) is 10.2 Å². The molecule has 1 rings (SSSR count). The van der Waals surface area contributed by atoms with Crippen LogP contribution in [-0.4, -0.2) is 49.8 Å². The monoisotopic (exact) mass is 256 g/mol. The molecule has 18 heavy (non-hydrogen) atoms. The molecule has 0 aromatic carbocycles. The van der Waals surface area contributed by atoms with E-state index in [0.29, 0.717) is 18.0 Å². The highest BCUT2D eigenvalue weighted by atomic mass is 16.5. The lowest BCUT2D eigenvalue weighted by Crippen LogP contribution is -2.49. The van der Waals surface area contributed by atoms with E-state index < -0.39 is 0 Å². The standard InChI is InChI=1S/C15H32N2O/c1-5-9-16-15-8-10-18-12-14(15)11-17(7-3)13(4)6-2/h13-16H,5-12H2,1-4H3. The number of nitrogens with one attached hydrogen (secondary N) is 1. The Balaban J connectivity index is 2.48. The molecule has 1 fully saturated rings. The summed E-state index contributed by atoms with van der Waals surface area (Å²) in [7, 11) is 0. The van der Waals surface area contributed by atoms with Gasteiger partial charge >= 0.3 is 0 Å². The summed E-state index contributed by atoms with van der Waals surface area (Å²) in [5.74, 6) is 0.652. The Labute approximate surface area is 113 Å². The van der Waals surface area contributed by atoms with Crippen molar-refractivity contribution in [3.63, 3.8) is 0 Å². The Kier molecular flexibility index (Phi) is 7.87. The fourth-order valence-corrected chi connectivity index (χ4v) is 2.76. The van der Waals surface area contributed by atoms with Crippen LogP contribution in [0.3, 0.4) is 0 Å². The first-order valence-electron chi connectivity index (χ1n) is 7.78. The zero-order valence-corrected chi connectivity index (χ0v) is 12.7. The molecule has 3 nitrogen and oxygen atoms in total. The first kappa shape index (κ1) is 15.9. The smallest absolute Gasteiger partial charge is 0.0521 e. The fourth-order valence-electron chi connectivity index (χ4n) is 2.76. The van der Waals surface area contributed by atoms with Gasteiger partial charge in [0.1, 0.15) is 0 Å². The van der Waals surface area contributed by atoms with Crippen LogP contribution < -0.4 is 5.32 Å². The van der Waals surface area contributed by atoms with Crippen molar-refractivity contribution in [2.45, 2.75) is 59.0 Å². The topological polar surface area (TPSA) is 24.5 Å². The van der Waals surface area contributed by atoms with E-state index in [9.17, 15) is 0 Å². The Morgan fingerprint density at radius 2 is 2.11 bits per heavy atom. The molecule has 1 heterocycles. The highest BCUT2D eigenvalue weighted by molar-refractivity contribution is 4.83. The number of ether oxygens (including phenoxy) is 1. The first-order chi connectivity index (χ1) is 8.72. The Morgan fingerprint density at radius 1 is 1.33 bits per heavy atom. The lowest BCUT2D eigenvalue weighted by molar-refractivity contribution is 0.0118. The Morgan fingerprint density at radius 3 is 2.72 bits per heavy atom. The van der Waals surface area contributed by atoms with Crippen LogP contribution in [0.2, 0.25) is 0 Å². The third-order valence-corrected chi connectivity index (χ3v) is 4.22. The van der Waals surface area contributed by atoms with Crippen LogP contribution >= 0.6 is 0 Å². The summed E-state index contributed by atoms with van der Waals surface area (Å²) in [4.78, 5) is 2.60. The van der Waals surface area contributed by atoms with E-state index in [1.165, 1.54) is 25.8 Å². The summed E-state index contributed by atoms with van der Waals surface area (Å²) in [6.45, 7) is 14.4. The second kappa shape index (κ2) is 8.89. The molecule has 3 atom stereocenters. The lowest BCUT2D eigenvalue weighted by atomic mass is 9.94. The Bertz CT molecular complexity index is 211. The van der Waals surface area contributed by atoms with Crippen molar-refractivity contribution < 1.29 is 4.74 Å². The van der Waals surface area contributed by atoms with Crippen LogP contribution in [0.25, 0.3) is 0 Å². The summed E-state index contributed by atoms with van der Waals surface area (Å²) >= 11 is 0. The molecule has 0 bridgehead atoms. The zero-order valence-electron chi connectivity index (χ0n) is 12.7. The van der Waals surface area contributed by atoms with Gasteiger partial charge in [0.15, 0.2) is 0 Å². The molecule has 0 aliphatic carbocycles. The van der Waals surface area contributed by atoms with Crippen molar-refractivity contribution >= 4 is 0 Å². The Hall–Kier alpha value is -0.120. The van der Waals surface area contributed by atoms with Gasteiger partial charge < -0.3 is 15.0 Å². The van der Waals surface area contributed by atoms with Crippen molar-refractivity contribution in [1.29, 1.82) is 0 Å². The number of nitrogens with zero attached hydrogens (tertiary/aromatic N) is 1. The van der Waals surface area contributed by atoms with Gasteiger partial charge in [0.25, 0.3) is 0 Å². The molecule has 0 amide bonds. The molecular weight excluding hydrogens is 224 g/mol. The second-order valence-corrected chi connectivity index (χ2v) is 5.53. The predicted molar refractivity (Wildman–Crippen MR) is 78.0 cm³/mol. The minimum atomic E-state index is 0.650. The third-order valence-electron chi connectivity index (χ3n) is 4.22. The number of hydrogen-bond donors (Lipinski definition) is 1. The predicted octanol–water partition coefficient (Wildman–Crippen LogP) is 2.51. The maximum atomic E-state index is 5.68. The molecule has 108 valence electrons. The second-order valence-electron chi connectivity index (χ2n) is 5.53. The minimum absolute atomic E-state index is 0.650. The number of rotatable bonds is 8. The quantitative estimate of drug-likeness (QED) is 0.722. The molecule has 1 saturated heterocycles. The molecule has 0 aromatic rings. The first-order valence-corrected chi connectivity index (χ1v) is 7.78. The van der Waals surface area contributed by atoms with Crippen LogP contribution in [0.4, 0.5) is 0 Å². The van der Waals surface area contributed by atoms with Crippen LogP contribution in [0.1, 0.15) is 47.0 Å². The minimum Gasteiger partial charge on any atom is -0.381 e. The van der Waals surface area contributed by atoms with Gasteiger partial charge in [0.2, 0.25) is 0 Å². The molecule has 3 heteroatoms. The van der Waals surface area contributed by atoms with Crippen LogP contribution in [0.15, 0.2) is 0 Å². The molecular formula is C15H32N2O. The lowest BCUT2D eigenvalue weighted by Gasteiger charge is -2.37. The zero-order chi connectivity index (χ0) is 13.4. The maximum Gasteiger partial charge on any atom is 0.0521 e. The molecule has 0 aromatic heterocycles. The van der Waals surface area contributed by atoms with E-state index in [1.807, 2.05) is 0 Å². The van der Waals surface area contributed by atoms with Crippen LogP contribution in [-0.2, 0) is 4.74 Å². The van der Waals surface area contributed by atoms with Gasteiger partial charge in [-0.15, -0.1) is 0 Å². The molecule has 0 radical (unpaired) electrons. The van der Waals surface area contributed by atoms with Crippen LogP contribution in [0.5, 0.6) is 0 Å². The normalized spacial score (nSPS) is 26.5. The van der Waals surface area contributed by atoms with Crippen LogP contribution in [0, 0.1) is 5.92 Å². The molecule has 1 aliphatic heterocycles. The highest BCUT2D eigenvalue weighted by Crippen LogP contribution is 2.18. The van der Waals surface area contributed by atoms with Crippen molar-refractivity contribution in [2.75, 3.05) is 32.8 Å². The van der Waals surface area contributed by atoms with Gasteiger partial charge in [-0.1, -0.05) is 20.8 Å². The molecule has 0 spiro atoms. The van der Waals surface area contributed by atoms with Gasteiger partial charge in [-0.25, -0.2) is 0 Å². The van der Waals surface area contributed by atoms with E-state index >= 15 is 0 Å². The highest BCUT2D eigenvalue weighted by Gasteiger charge is 2.27. The van der Waals surface area contributed by atoms with Gasteiger partial charge in [0.05, 0.1) is 6.61 Å². The van der Waals surface area contributed by atoms with Gasteiger partial charge in [-0.05, 0) is 39.3 Å². The summed E-state index contributed by atoms with van der Waals surface area (Å²) in [5.41, 5.74) is 0. The molecule has 0 saturated carbocycles. The van der Waals surface area contributed by atoms with E-state index in [-0.39, 0.29) is 0 Å². The summed E-state index contributed by atoms with van der Waals surface area (Å²) in [5, 5.41) is 3.70. The average molecular weight is 256 g/mol. The van der Waals surface area contributed by atoms with Crippen molar-refractivity contribution in [3.8, 4) is 0 Å². The summed E-state index contributed by atoms with van der Waals surface area (Å²) in [6, 6.07) is 1.33. The molecule has 1 N–H and O–H groups in total. The summed E-state index contributed by atoms with van der Waals surface area (Å²) in [6.07, 6.45) is 3.62. The van der Waals surface area contributed by atoms with Gasteiger partial charge in [0, 0.05) is 31.2 Å². The van der Waals surface area contributed by atoms with Crippen molar-refractivity contribution in [2.24, 2.45) is 5.92 Å². The fraction of sp³-hybridized carbons (Fsp3) is 1.00. The van der Waals surface area contributed by atoms with Gasteiger partial charge in [-0.2, -0.15) is 0 Å². The molecule has 1 aliphatic rings. The van der Waals surface area contributed by atoms with E-state index in [4.69, 9.17) is 4.74 Å². The van der Waals surface area contributed by atoms with E-state index in [0.717, 1.165) is 26.3 Å². The van der Waals surface area contributed by atoms with Crippen molar-refractivity contribution in [3.05, 3.63) is 0 Å².